The molecule has 4 rings (SSSR count). The van der Waals surface area contributed by atoms with Crippen LogP contribution in [0.4, 0.5) is 0 Å². The van der Waals surface area contributed by atoms with E-state index in [1.165, 1.54) is 5.56 Å². The van der Waals surface area contributed by atoms with Crippen LogP contribution in [-0.2, 0) is 11.3 Å². The first kappa shape index (κ1) is 16.9. The van der Waals surface area contributed by atoms with Crippen LogP contribution in [0.25, 0.3) is 22.8 Å². The molecule has 0 saturated carbocycles. The molecule has 0 unspecified atom stereocenters. The molecule has 0 atom stereocenters. The summed E-state index contributed by atoms with van der Waals surface area (Å²) in [7, 11) is 0. The molecule has 0 amide bonds. The van der Waals surface area contributed by atoms with E-state index in [2.05, 4.69) is 32.2 Å². The van der Waals surface area contributed by atoms with E-state index < -0.39 is 0 Å². The number of pyridine rings is 1. The molecule has 1 saturated heterocycles. The number of aromatic nitrogens is 3. The van der Waals surface area contributed by atoms with Gasteiger partial charge >= 0.3 is 0 Å². The molecule has 0 N–H and O–H groups in total. The van der Waals surface area contributed by atoms with Crippen molar-refractivity contribution in [1.82, 2.24) is 20.0 Å². The number of rotatable bonds is 4. The largest absolute Gasteiger partial charge is 0.379 e. The van der Waals surface area contributed by atoms with Crippen molar-refractivity contribution in [2.24, 2.45) is 0 Å². The molecule has 26 heavy (non-hydrogen) atoms. The standard InChI is InChI=1S/C20H22N4O2/c1-14-10-18(11-15(2)21-14)20-22-19(23-26-20)17-5-3-4-16(12-17)13-24-6-8-25-9-7-24/h3-5,10-12H,6-9,13H2,1-2H3. The molecule has 2 aromatic heterocycles. The predicted octanol–water partition coefficient (Wildman–Crippen LogP) is 3.25. The van der Waals surface area contributed by atoms with Crippen molar-refractivity contribution >= 4 is 0 Å². The Hall–Kier alpha value is -2.57. The summed E-state index contributed by atoms with van der Waals surface area (Å²) in [6.45, 7) is 8.38. The van der Waals surface area contributed by atoms with Crippen molar-refractivity contribution in [3.8, 4) is 22.8 Å². The van der Waals surface area contributed by atoms with Gasteiger partial charge in [0.15, 0.2) is 0 Å². The van der Waals surface area contributed by atoms with Gasteiger partial charge in [-0.25, -0.2) is 0 Å². The molecule has 0 spiro atoms. The van der Waals surface area contributed by atoms with Gasteiger partial charge in [-0.1, -0.05) is 23.4 Å². The van der Waals surface area contributed by atoms with Crippen LogP contribution in [0.3, 0.4) is 0 Å². The fourth-order valence-corrected chi connectivity index (χ4v) is 3.24. The lowest BCUT2D eigenvalue weighted by Crippen LogP contribution is -2.35. The van der Waals surface area contributed by atoms with Crippen molar-refractivity contribution in [3.63, 3.8) is 0 Å². The number of hydrogen-bond donors (Lipinski definition) is 0. The lowest BCUT2D eigenvalue weighted by atomic mass is 10.1. The molecule has 0 aliphatic carbocycles. The molecule has 6 nitrogen and oxygen atoms in total. The van der Waals surface area contributed by atoms with Gasteiger partial charge in [0.1, 0.15) is 0 Å². The second-order valence-electron chi connectivity index (χ2n) is 6.65. The Morgan fingerprint density at radius 2 is 1.73 bits per heavy atom. The van der Waals surface area contributed by atoms with Gasteiger partial charge in [-0.3, -0.25) is 9.88 Å². The van der Waals surface area contributed by atoms with Crippen molar-refractivity contribution in [3.05, 3.63) is 53.3 Å². The predicted molar refractivity (Wildman–Crippen MR) is 98.5 cm³/mol. The first-order chi connectivity index (χ1) is 12.7. The lowest BCUT2D eigenvalue weighted by molar-refractivity contribution is 0.0342. The normalized spacial score (nSPS) is 15.3. The number of benzene rings is 1. The van der Waals surface area contributed by atoms with Crippen LogP contribution in [0.5, 0.6) is 0 Å². The molecule has 134 valence electrons. The molecule has 1 aliphatic heterocycles. The second kappa shape index (κ2) is 7.35. The van der Waals surface area contributed by atoms with Crippen LogP contribution in [0.1, 0.15) is 17.0 Å². The summed E-state index contributed by atoms with van der Waals surface area (Å²) in [6, 6.07) is 12.2. The monoisotopic (exact) mass is 350 g/mol. The second-order valence-corrected chi connectivity index (χ2v) is 6.65. The Morgan fingerprint density at radius 3 is 2.50 bits per heavy atom. The maximum Gasteiger partial charge on any atom is 0.258 e. The Labute approximate surface area is 152 Å². The molecule has 6 heteroatoms. The third-order valence-corrected chi connectivity index (χ3v) is 4.45. The molecule has 1 fully saturated rings. The van der Waals surface area contributed by atoms with Crippen molar-refractivity contribution < 1.29 is 9.26 Å². The fraction of sp³-hybridized carbons (Fsp3) is 0.350. The third-order valence-electron chi connectivity index (χ3n) is 4.45. The van der Waals surface area contributed by atoms with Gasteiger partial charge in [0.25, 0.3) is 5.89 Å². The van der Waals surface area contributed by atoms with Gasteiger partial charge in [0, 0.05) is 42.1 Å². The summed E-state index contributed by atoms with van der Waals surface area (Å²) in [5.41, 5.74) is 4.98. The zero-order valence-electron chi connectivity index (χ0n) is 15.1. The lowest BCUT2D eigenvalue weighted by Gasteiger charge is -2.26. The van der Waals surface area contributed by atoms with E-state index in [-0.39, 0.29) is 0 Å². The average Bonchev–Trinajstić information content (AvgIpc) is 3.12. The number of nitrogens with zero attached hydrogens (tertiary/aromatic N) is 4. The van der Waals surface area contributed by atoms with Gasteiger partial charge in [-0.05, 0) is 37.6 Å². The van der Waals surface area contributed by atoms with E-state index in [0.29, 0.717) is 11.7 Å². The van der Waals surface area contributed by atoms with Gasteiger partial charge in [-0.15, -0.1) is 0 Å². The zero-order valence-corrected chi connectivity index (χ0v) is 15.1. The van der Waals surface area contributed by atoms with E-state index >= 15 is 0 Å². The topological polar surface area (TPSA) is 64.3 Å². The third kappa shape index (κ3) is 3.81. The smallest absolute Gasteiger partial charge is 0.258 e. The molecule has 3 aromatic rings. The fourth-order valence-electron chi connectivity index (χ4n) is 3.24. The summed E-state index contributed by atoms with van der Waals surface area (Å²) >= 11 is 0. The molecule has 1 aliphatic rings. The van der Waals surface area contributed by atoms with Crippen LogP contribution in [0, 0.1) is 13.8 Å². The summed E-state index contributed by atoms with van der Waals surface area (Å²) < 4.78 is 10.9. The summed E-state index contributed by atoms with van der Waals surface area (Å²) in [4.78, 5) is 11.4. The SMILES string of the molecule is Cc1cc(-c2nc(-c3cccc(CN4CCOCC4)c3)no2)cc(C)n1. The minimum Gasteiger partial charge on any atom is -0.379 e. The number of morpholine rings is 1. The van der Waals surface area contributed by atoms with E-state index in [9.17, 15) is 0 Å². The minimum absolute atomic E-state index is 0.521. The quantitative estimate of drug-likeness (QED) is 0.720. The van der Waals surface area contributed by atoms with Crippen molar-refractivity contribution in [1.29, 1.82) is 0 Å². The van der Waals surface area contributed by atoms with Crippen molar-refractivity contribution in [2.45, 2.75) is 20.4 Å². The maximum absolute atomic E-state index is 5.49. The minimum atomic E-state index is 0.521. The van der Waals surface area contributed by atoms with Gasteiger partial charge in [-0.2, -0.15) is 4.98 Å². The highest BCUT2D eigenvalue weighted by molar-refractivity contribution is 5.60. The van der Waals surface area contributed by atoms with E-state index in [4.69, 9.17) is 9.26 Å². The number of aryl methyl sites for hydroxylation is 2. The van der Waals surface area contributed by atoms with E-state index in [1.807, 2.05) is 38.1 Å². The summed E-state index contributed by atoms with van der Waals surface area (Å²) in [5, 5.41) is 4.17. The van der Waals surface area contributed by atoms with Gasteiger partial charge in [0.05, 0.1) is 13.2 Å². The molecular weight excluding hydrogens is 328 g/mol. The van der Waals surface area contributed by atoms with E-state index in [0.717, 1.165) is 55.4 Å². The molecule has 0 radical (unpaired) electrons. The number of ether oxygens (including phenoxy) is 1. The Morgan fingerprint density at radius 1 is 0.962 bits per heavy atom. The number of hydrogen-bond acceptors (Lipinski definition) is 6. The van der Waals surface area contributed by atoms with Crippen LogP contribution in [0.15, 0.2) is 40.9 Å². The molecule has 3 heterocycles. The van der Waals surface area contributed by atoms with Crippen LogP contribution in [-0.4, -0.2) is 46.3 Å². The zero-order chi connectivity index (χ0) is 17.9. The van der Waals surface area contributed by atoms with Crippen LogP contribution >= 0.6 is 0 Å². The Kier molecular flexibility index (Phi) is 4.77. The Bertz CT molecular complexity index is 880. The molecule has 1 aromatic carbocycles. The van der Waals surface area contributed by atoms with Crippen molar-refractivity contribution in [2.75, 3.05) is 26.3 Å². The molecule has 0 bridgehead atoms. The highest BCUT2D eigenvalue weighted by Crippen LogP contribution is 2.24. The molecular formula is C20H22N4O2. The highest BCUT2D eigenvalue weighted by atomic mass is 16.5. The van der Waals surface area contributed by atoms with Crippen LogP contribution < -0.4 is 0 Å². The first-order valence-corrected chi connectivity index (χ1v) is 8.86. The van der Waals surface area contributed by atoms with Crippen LogP contribution in [0.2, 0.25) is 0 Å². The highest BCUT2D eigenvalue weighted by Gasteiger charge is 2.14. The maximum atomic E-state index is 5.49. The van der Waals surface area contributed by atoms with E-state index in [1.54, 1.807) is 0 Å². The summed E-state index contributed by atoms with van der Waals surface area (Å²) in [6.07, 6.45) is 0. The average molecular weight is 350 g/mol. The van der Waals surface area contributed by atoms with Gasteiger partial charge < -0.3 is 9.26 Å². The first-order valence-electron chi connectivity index (χ1n) is 8.86. The Balaban J connectivity index is 1.56. The van der Waals surface area contributed by atoms with Gasteiger partial charge in [0.2, 0.25) is 5.82 Å². The summed E-state index contributed by atoms with van der Waals surface area (Å²) in [5.74, 6) is 1.13.